The number of para-hydroxylation sites is 1. The van der Waals surface area contributed by atoms with E-state index in [-0.39, 0.29) is 0 Å². The Labute approximate surface area is 146 Å². The van der Waals surface area contributed by atoms with Crippen LogP contribution >= 0.6 is 0 Å². The fourth-order valence-electron chi connectivity index (χ4n) is 2.98. The summed E-state index contributed by atoms with van der Waals surface area (Å²) in [6.45, 7) is 4.19. The second kappa shape index (κ2) is 6.32. The lowest BCUT2D eigenvalue weighted by Gasteiger charge is -2.12. The molecule has 0 fully saturated rings. The molecule has 2 heterocycles. The van der Waals surface area contributed by atoms with Crippen molar-refractivity contribution < 1.29 is 0 Å². The third-order valence-electron chi connectivity index (χ3n) is 4.01. The Balaban J connectivity index is 1.86. The van der Waals surface area contributed by atoms with Gasteiger partial charge in [-0.2, -0.15) is 0 Å². The van der Waals surface area contributed by atoms with E-state index in [1.165, 1.54) is 11.1 Å². The largest absolute Gasteiger partial charge is 0.340 e. The van der Waals surface area contributed by atoms with Gasteiger partial charge >= 0.3 is 0 Å². The van der Waals surface area contributed by atoms with Crippen LogP contribution in [0.1, 0.15) is 11.1 Å². The van der Waals surface area contributed by atoms with Crippen LogP contribution < -0.4 is 5.32 Å². The van der Waals surface area contributed by atoms with Gasteiger partial charge in [0.1, 0.15) is 5.82 Å². The minimum absolute atomic E-state index is 0.665. The first-order chi connectivity index (χ1) is 12.2. The summed E-state index contributed by atoms with van der Waals surface area (Å²) in [5.74, 6) is 1.47. The van der Waals surface area contributed by atoms with Crippen molar-refractivity contribution in [2.45, 2.75) is 13.8 Å². The van der Waals surface area contributed by atoms with E-state index in [9.17, 15) is 0 Å². The lowest BCUT2D eigenvalue weighted by molar-refractivity contribution is 1.20. The molecule has 4 aromatic rings. The first-order valence-electron chi connectivity index (χ1n) is 8.21. The molecule has 0 spiro atoms. The number of aromatic nitrogens is 3. The van der Waals surface area contributed by atoms with E-state index in [2.05, 4.69) is 42.3 Å². The molecule has 2 aromatic heterocycles. The highest BCUT2D eigenvalue weighted by molar-refractivity contribution is 5.92. The zero-order valence-electron chi connectivity index (χ0n) is 14.2. The van der Waals surface area contributed by atoms with Crippen molar-refractivity contribution in [3.05, 3.63) is 78.1 Å². The number of pyridine rings is 1. The van der Waals surface area contributed by atoms with Gasteiger partial charge in [0.15, 0.2) is 5.82 Å². The molecule has 25 heavy (non-hydrogen) atoms. The molecule has 0 radical (unpaired) electrons. The summed E-state index contributed by atoms with van der Waals surface area (Å²) in [7, 11) is 0. The number of fused-ring (bicyclic) bond motifs is 1. The van der Waals surface area contributed by atoms with Gasteiger partial charge in [-0.05, 0) is 61.4 Å². The zero-order chi connectivity index (χ0) is 17.2. The molecule has 0 atom stereocenters. The molecular weight excluding hydrogens is 308 g/mol. The van der Waals surface area contributed by atoms with Crippen LogP contribution in [0.15, 0.2) is 67.0 Å². The number of benzene rings is 2. The minimum atomic E-state index is 0.665. The number of aryl methyl sites for hydroxylation is 2. The molecule has 0 amide bonds. The summed E-state index contributed by atoms with van der Waals surface area (Å²) >= 11 is 0. The topological polar surface area (TPSA) is 50.7 Å². The molecule has 4 rings (SSSR count). The lowest BCUT2D eigenvalue weighted by Crippen LogP contribution is -2.00. The Morgan fingerprint density at radius 1 is 0.840 bits per heavy atom. The number of hydrogen-bond acceptors (Lipinski definition) is 4. The van der Waals surface area contributed by atoms with Crippen molar-refractivity contribution in [2.75, 3.05) is 5.32 Å². The summed E-state index contributed by atoms with van der Waals surface area (Å²) in [5.41, 5.74) is 5.26. The van der Waals surface area contributed by atoms with Crippen LogP contribution in [-0.2, 0) is 0 Å². The third kappa shape index (κ3) is 3.19. The fourth-order valence-corrected chi connectivity index (χ4v) is 2.98. The normalized spacial score (nSPS) is 10.8. The molecule has 0 bridgehead atoms. The van der Waals surface area contributed by atoms with Crippen LogP contribution in [0.4, 0.5) is 11.5 Å². The average Bonchev–Trinajstić information content (AvgIpc) is 2.61. The predicted octanol–water partition coefficient (Wildman–Crippen LogP) is 5.05. The molecule has 0 saturated heterocycles. The monoisotopic (exact) mass is 326 g/mol. The second-order valence-electron chi connectivity index (χ2n) is 6.16. The Kier molecular flexibility index (Phi) is 3.86. The second-order valence-corrected chi connectivity index (χ2v) is 6.16. The molecule has 4 nitrogen and oxygen atoms in total. The van der Waals surface area contributed by atoms with E-state index in [0.29, 0.717) is 5.82 Å². The Morgan fingerprint density at radius 2 is 1.64 bits per heavy atom. The van der Waals surface area contributed by atoms with Crippen molar-refractivity contribution in [3.63, 3.8) is 0 Å². The number of rotatable bonds is 3. The lowest BCUT2D eigenvalue weighted by atomic mass is 10.1. The highest BCUT2D eigenvalue weighted by atomic mass is 15.0. The zero-order valence-corrected chi connectivity index (χ0v) is 14.2. The maximum absolute atomic E-state index is 4.76. The highest BCUT2D eigenvalue weighted by Gasteiger charge is 2.10. The molecule has 0 saturated carbocycles. The molecule has 0 unspecified atom stereocenters. The van der Waals surface area contributed by atoms with Crippen LogP contribution in [-0.4, -0.2) is 15.0 Å². The summed E-state index contributed by atoms with van der Waals surface area (Å²) in [6, 6.07) is 18.3. The average molecular weight is 326 g/mol. The molecule has 1 N–H and O–H groups in total. The van der Waals surface area contributed by atoms with Gasteiger partial charge in [-0.1, -0.05) is 18.2 Å². The number of hydrogen-bond donors (Lipinski definition) is 1. The molecule has 0 aliphatic rings. The maximum atomic E-state index is 4.76. The maximum Gasteiger partial charge on any atom is 0.163 e. The van der Waals surface area contributed by atoms with E-state index < -0.39 is 0 Å². The van der Waals surface area contributed by atoms with Crippen molar-refractivity contribution in [1.29, 1.82) is 0 Å². The van der Waals surface area contributed by atoms with Crippen molar-refractivity contribution in [1.82, 2.24) is 15.0 Å². The summed E-state index contributed by atoms with van der Waals surface area (Å²) in [4.78, 5) is 13.6. The smallest absolute Gasteiger partial charge is 0.163 e. The summed E-state index contributed by atoms with van der Waals surface area (Å²) in [6.07, 6.45) is 3.53. The van der Waals surface area contributed by atoms with Gasteiger partial charge < -0.3 is 5.32 Å². The quantitative estimate of drug-likeness (QED) is 0.572. The first-order valence-corrected chi connectivity index (χ1v) is 8.21. The van der Waals surface area contributed by atoms with Gasteiger partial charge in [-0.15, -0.1) is 0 Å². The van der Waals surface area contributed by atoms with Crippen LogP contribution in [0.5, 0.6) is 0 Å². The number of anilines is 2. The summed E-state index contributed by atoms with van der Waals surface area (Å²) < 4.78 is 0. The van der Waals surface area contributed by atoms with Crippen molar-refractivity contribution >= 4 is 22.4 Å². The van der Waals surface area contributed by atoms with Gasteiger partial charge in [0.25, 0.3) is 0 Å². The first kappa shape index (κ1) is 15.3. The van der Waals surface area contributed by atoms with Gasteiger partial charge in [0.2, 0.25) is 0 Å². The molecular formula is C21H18N4. The van der Waals surface area contributed by atoms with Crippen molar-refractivity contribution in [3.8, 4) is 11.4 Å². The standard InChI is InChI=1S/C21H18N4/c1-14-10-15(2)12-17(11-14)23-21-18-7-3-4-8-19(18)24-20(25-21)16-6-5-9-22-13-16/h3-13H,1-2H3,(H,23,24,25). The fraction of sp³-hybridized carbons (Fsp3) is 0.0952. The third-order valence-corrected chi connectivity index (χ3v) is 4.01. The van der Waals surface area contributed by atoms with Crippen LogP contribution in [0.3, 0.4) is 0 Å². The van der Waals surface area contributed by atoms with E-state index in [1.807, 2.05) is 36.4 Å². The Bertz CT molecular complexity index is 1020. The minimum Gasteiger partial charge on any atom is -0.340 e. The van der Waals surface area contributed by atoms with Crippen LogP contribution in [0, 0.1) is 13.8 Å². The van der Waals surface area contributed by atoms with Gasteiger partial charge in [0.05, 0.1) is 5.52 Å². The molecule has 0 aliphatic carbocycles. The Hall–Kier alpha value is -3.27. The molecule has 2 aromatic carbocycles. The highest BCUT2D eigenvalue weighted by Crippen LogP contribution is 2.27. The molecule has 4 heteroatoms. The predicted molar refractivity (Wildman–Crippen MR) is 102 cm³/mol. The van der Waals surface area contributed by atoms with E-state index >= 15 is 0 Å². The molecule has 0 aliphatic heterocycles. The number of nitrogens with zero attached hydrogens (tertiary/aromatic N) is 3. The van der Waals surface area contributed by atoms with E-state index in [4.69, 9.17) is 9.97 Å². The van der Waals surface area contributed by atoms with Crippen LogP contribution in [0.25, 0.3) is 22.3 Å². The Morgan fingerprint density at radius 3 is 2.40 bits per heavy atom. The molecule has 122 valence electrons. The van der Waals surface area contributed by atoms with E-state index in [1.54, 1.807) is 12.4 Å². The van der Waals surface area contributed by atoms with Gasteiger partial charge in [0, 0.05) is 29.0 Å². The van der Waals surface area contributed by atoms with Gasteiger partial charge in [-0.3, -0.25) is 4.98 Å². The summed E-state index contributed by atoms with van der Waals surface area (Å²) in [5, 5.41) is 4.46. The van der Waals surface area contributed by atoms with Gasteiger partial charge in [-0.25, -0.2) is 9.97 Å². The van der Waals surface area contributed by atoms with Crippen LogP contribution in [0.2, 0.25) is 0 Å². The van der Waals surface area contributed by atoms with E-state index in [0.717, 1.165) is 28.0 Å². The van der Waals surface area contributed by atoms with Crippen molar-refractivity contribution in [2.24, 2.45) is 0 Å². The number of nitrogens with one attached hydrogen (secondary N) is 1. The SMILES string of the molecule is Cc1cc(C)cc(Nc2nc(-c3cccnc3)nc3ccccc23)c1.